The van der Waals surface area contributed by atoms with Crippen LogP contribution in [0.15, 0.2) is 18.2 Å². The largest absolute Gasteiger partial charge is 0.462 e. The molecule has 4 nitrogen and oxygen atoms in total. The highest BCUT2D eigenvalue weighted by Gasteiger charge is 2.29. The van der Waals surface area contributed by atoms with Gasteiger partial charge in [-0.2, -0.15) is 0 Å². The van der Waals surface area contributed by atoms with Gasteiger partial charge in [0, 0.05) is 10.4 Å². The Morgan fingerprint density at radius 2 is 2.08 bits per heavy atom. The summed E-state index contributed by atoms with van der Waals surface area (Å²) in [5.41, 5.74) is 1.29. The van der Waals surface area contributed by atoms with Gasteiger partial charge in [0.1, 0.15) is 5.00 Å². The van der Waals surface area contributed by atoms with E-state index in [2.05, 4.69) is 12.2 Å². The Hall–Kier alpha value is -2.28. The van der Waals surface area contributed by atoms with Crippen LogP contribution in [0.25, 0.3) is 0 Å². The average Bonchev–Trinajstić information content (AvgIpc) is 2.94. The smallest absolute Gasteiger partial charge is 0.341 e. The van der Waals surface area contributed by atoms with Gasteiger partial charge in [-0.05, 0) is 55.9 Å². The molecular weight excluding hydrogens is 360 g/mol. The number of ether oxygens (including phenoxy) is 1. The van der Waals surface area contributed by atoms with Crippen LogP contribution < -0.4 is 5.32 Å². The van der Waals surface area contributed by atoms with Crippen LogP contribution in [0, 0.1) is 17.6 Å². The lowest BCUT2D eigenvalue weighted by Crippen LogP contribution is -2.17. The van der Waals surface area contributed by atoms with Gasteiger partial charge in [0.15, 0.2) is 11.6 Å². The van der Waals surface area contributed by atoms with Crippen molar-refractivity contribution < 1.29 is 23.1 Å². The van der Waals surface area contributed by atoms with Crippen molar-refractivity contribution in [3.63, 3.8) is 0 Å². The molecule has 1 aliphatic rings. The fraction of sp³-hybridized carbons (Fsp3) is 0.368. The number of nitrogens with one attached hydrogen (secondary N) is 1. The van der Waals surface area contributed by atoms with Crippen molar-refractivity contribution in [2.75, 3.05) is 11.9 Å². The minimum absolute atomic E-state index is 0.0153. The maximum atomic E-state index is 13.4. The van der Waals surface area contributed by atoms with Crippen LogP contribution in [0.4, 0.5) is 13.8 Å². The summed E-state index contributed by atoms with van der Waals surface area (Å²) < 4.78 is 31.6. The highest BCUT2D eigenvalue weighted by Crippen LogP contribution is 2.40. The molecule has 0 bridgehead atoms. The number of thiophene rings is 1. The number of esters is 1. The van der Waals surface area contributed by atoms with E-state index in [4.69, 9.17) is 4.74 Å². The predicted octanol–water partition coefficient (Wildman–Crippen LogP) is 4.58. The zero-order chi connectivity index (χ0) is 18.8. The summed E-state index contributed by atoms with van der Waals surface area (Å²) in [7, 11) is 0. The number of halogens is 2. The summed E-state index contributed by atoms with van der Waals surface area (Å²) in [6.07, 6.45) is 2.56. The van der Waals surface area contributed by atoms with Gasteiger partial charge in [-0.15, -0.1) is 11.3 Å². The second-order valence-corrected chi connectivity index (χ2v) is 7.46. The molecule has 1 N–H and O–H groups in total. The van der Waals surface area contributed by atoms with Crippen molar-refractivity contribution in [2.24, 2.45) is 5.92 Å². The zero-order valence-electron chi connectivity index (χ0n) is 14.5. The lowest BCUT2D eigenvalue weighted by molar-refractivity contribution is 0.0526. The molecule has 7 heteroatoms. The standard InChI is InChI=1S/C19H19F2NO3S/c1-3-25-19(24)16-12-6-4-10(2)8-15(12)26-18(16)22-17(23)11-5-7-13(20)14(21)9-11/h5,7,9-10H,3-4,6,8H2,1-2H3,(H,22,23)/t10-/m1/s1. The van der Waals surface area contributed by atoms with Gasteiger partial charge in [0.2, 0.25) is 0 Å². The van der Waals surface area contributed by atoms with E-state index in [1.165, 1.54) is 17.4 Å². The van der Waals surface area contributed by atoms with E-state index in [1.807, 2.05) is 0 Å². The molecule has 1 atom stereocenters. The zero-order valence-corrected chi connectivity index (χ0v) is 15.3. The number of amides is 1. The van der Waals surface area contributed by atoms with Crippen LogP contribution >= 0.6 is 11.3 Å². The Labute approximate surface area is 154 Å². The molecule has 0 saturated heterocycles. The molecule has 3 rings (SSSR count). The van der Waals surface area contributed by atoms with E-state index in [1.54, 1.807) is 6.92 Å². The lowest BCUT2D eigenvalue weighted by atomic mass is 9.88. The molecular formula is C19H19F2NO3S. The molecule has 0 unspecified atom stereocenters. The van der Waals surface area contributed by atoms with E-state index < -0.39 is 23.5 Å². The van der Waals surface area contributed by atoms with Crippen LogP contribution in [0.2, 0.25) is 0 Å². The molecule has 0 radical (unpaired) electrons. The molecule has 2 aromatic rings. The van der Waals surface area contributed by atoms with E-state index in [-0.39, 0.29) is 12.2 Å². The van der Waals surface area contributed by atoms with Crippen LogP contribution in [0.5, 0.6) is 0 Å². The second kappa shape index (κ2) is 7.53. The van der Waals surface area contributed by atoms with Crippen molar-refractivity contribution in [1.29, 1.82) is 0 Å². The molecule has 1 heterocycles. The van der Waals surface area contributed by atoms with Crippen molar-refractivity contribution >= 4 is 28.2 Å². The van der Waals surface area contributed by atoms with Gasteiger partial charge in [0.05, 0.1) is 12.2 Å². The Balaban J connectivity index is 1.94. The first-order chi connectivity index (χ1) is 12.4. The van der Waals surface area contributed by atoms with Gasteiger partial charge in [-0.1, -0.05) is 6.92 Å². The first kappa shape index (κ1) is 18.5. The molecule has 0 fully saturated rings. The first-order valence-corrected chi connectivity index (χ1v) is 9.30. The number of fused-ring (bicyclic) bond motifs is 1. The SMILES string of the molecule is CCOC(=O)c1c(NC(=O)c2ccc(F)c(F)c2)sc2c1CC[C@@H](C)C2. The molecule has 0 aliphatic heterocycles. The third-order valence-corrected chi connectivity index (χ3v) is 5.57. The number of hydrogen-bond acceptors (Lipinski definition) is 4. The van der Waals surface area contributed by atoms with Crippen molar-refractivity contribution in [1.82, 2.24) is 0 Å². The number of benzene rings is 1. The molecule has 1 amide bonds. The first-order valence-electron chi connectivity index (χ1n) is 8.48. The van der Waals surface area contributed by atoms with Gasteiger partial charge in [0.25, 0.3) is 5.91 Å². The van der Waals surface area contributed by atoms with Crippen molar-refractivity contribution in [3.8, 4) is 0 Å². The summed E-state index contributed by atoms with van der Waals surface area (Å²) in [4.78, 5) is 25.9. The number of hydrogen-bond donors (Lipinski definition) is 1. The quantitative estimate of drug-likeness (QED) is 0.791. The molecule has 1 aromatic carbocycles. The summed E-state index contributed by atoms with van der Waals surface area (Å²) in [6, 6.07) is 2.94. The second-order valence-electron chi connectivity index (χ2n) is 6.36. The summed E-state index contributed by atoms with van der Waals surface area (Å²) in [5, 5.41) is 3.07. The van der Waals surface area contributed by atoms with Crippen LogP contribution in [-0.2, 0) is 17.6 Å². The van der Waals surface area contributed by atoms with Crippen LogP contribution in [-0.4, -0.2) is 18.5 Å². The van der Waals surface area contributed by atoms with E-state index in [9.17, 15) is 18.4 Å². The fourth-order valence-corrected chi connectivity index (χ4v) is 4.46. The average molecular weight is 379 g/mol. The maximum Gasteiger partial charge on any atom is 0.341 e. The molecule has 1 aromatic heterocycles. The van der Waals surface area contributed by atoms with E-state index >= 15 is 0 Å². The summed E-state index contributed by atoms with van der Waals surface area (Å²) in [5.74, 6) is -2.68. The van der Waals surface area contributed by atoms with Gasteiger partial charge >= 0.3 is 5.97 Å². The molecule has 138 valence electrons. The molecule has 0 saturated carbocycles. The number of rotatable bonds is 4. The molecule has 0 spiro atoms. The van der Waals surface area contributed by atoms with Crippen LogP contribution in [0.1, 0.15) is 51.4 Å². The topological polar surface area (TPSA) is 55.4 Å². The number of carbonyl (C=O) groups is 2. The third-order valence-electron chi connectivity index (χ3n) is 4.40. The van der Waals surface area contributed by atoms with Gasteiger partial charge in [-0.3, -0.25) is 4.79 Å². The lowest BCUT2D eigenvalue weighted by Gasteiger charge is -2.18. The molecule has 26 heavy (non-hydrogen) atoms. The Kier molecular flexibility index (Phi) is 5.36. The number of carbonyl (C=O) groups excluding carboxylic acids is 2. The fourth-order valence-electron chi connectivity index (χ4n) is 3.07. The monoisotopic (exact) mass is 379 g/mol. The van der Waals surface area contributed by atoms with E-state index in [0.717, 1.165) is 41.8 Å². The van der Waals surface area contributed by atoms with Crippen molar-refractivity contribution in [2.45, 2.75) is 33.1 Å². The third kappa shape index (κ3) is 3.62. The highest BCUT2D eigenvalue weighted by atomic mass is 32.1. The highest BCUT2D eigenvalue weighted by molar-refractivity contribution is 7.17. The minimum atomic E-state index is -1.09. The van der Waals surface area contributed by atoms with Gasteiger partial charge in [-0.25, -0.2) is 13.6 Å². The van der Waals surface area contributed by atoms with E-state index in [0.29, 0.717) is 16.5 Å². The Morgan fingerprint density at radius 3 is 2.77 bits per heavy atom. The predicted molar refractivity (Wildman–Crippen MR) is 95.8 cm³/mol. The summed E-state index contributed by atoms with van der Waals surface area (Å²) in [6.45, 7) is 4.10. The summed E-state index contributed by atoms with van der Waals surface area (Å²) >= 11 is 1.35. The number of anilines is 1. The molecule has 1 aliphatic carbocycles. The normalized spacial score (nSPS) is 16.1. The maximum absolute atomic E-state index is 13.4. The minimum Gasteiger partial charge on any atom is -0.462 e. The van der Waals surface area contributed by atoms with Crippen molar-refractivity contribution in [3.05, 3.63) is 51.4 Å². The van der Waals surface area contributed by atoms with Gasteiger partial charge < -0.3 is 10.1 Å². The Bertz CT molecular complexity index is 863. The van der Waals surface area contributed by atoms with Crippen LogP contribution in [0.3, 0.4) is 0 Å². The Morgan fingerprint density at radius 1 is 1.31 bits per heavy atom.